The Labute approximate surface area is 281 Å². The van der Waals surface area contributed by atoms with Crippen LogP contribution in [0.4, 0.5) is 0 Å². The molecular weight excluding hydrogens is 618 g/mol. The SMILES string of the molecule is CC(=O)Cn1cc(C(C)C)nn1.CC(=O)Cn1ccc(C(C)C)n1.CC(=O)Cn1nnc(C(C)C)n1.CC(=O)Cn1nnnc1C(C)C. The molecule has 0 saturated heterocycles. The Balaban J connectivity index is 0.000000320. The highest BCUT2D eigenvalue weighted by Gasteiger charge is 2.11. The van der Waals surface area contributed by atoms with Gasteiger partial charge in [0.05, 0.1) is 17.9 Å². The second-order valence-corrected chi connectivity index (χ2v) is 12.6. The van der Waals surface area contributed by atoms with E-state index in [4.69, 9.17) is 0 Å². The number of nitrogens with zero attached hydrogens (tertiary/aromatic N) is 13. The van der Waals surface area contributed by atoms with Crippen LogP contribution in [0, 0.1) is 0 Å². The number of hydrogen-bond donors (Lipinski definition) is 0. The molecule has 4 aromatic heterocycles. The molecule has 264 valence electrons. The van der Waals surface area contributed by atoms with Gasteiger partial charge < -0.3 is 0 Å². The maximum atomic E-state index is 10.8. The molecule has 0 aromatic carbocycles. The number of carbonyl (C=O) groups is 4. The maximum absolute atomic E-state index is 10.8. The monoisotopic (exact) mass is 669 g/mol. The van der Waals surface area contributed by atoms with Crippen LogP contribution >= 0.6 is 0 Å². The number of aromatic nitrogens is 13. The van der Waals surface area contributed by atoms with Crippen molar-refractivity contribution in [2.75, 3.05) is 0 Å². The van der Waals surface area contributed by atoms with Gasteiger partial charge in [0.15, 0.2) is 34.8 Å². The number of Topliss-reactive ketones (excluding diaryl/α,β-unsaturated/α-hetero) is 4. The van der Waals surface area contributed by atoms with E-state index >= 15 is 0 Å². The highest BCUT2D eigenvalue weighted by molar-refractivity contribution is 5.76. The van der Waals surface area contributed by atoms with E-state index in [1.165, 1.54) is 30.2 Å². The molecule has 0 aliphatic heterocycles. The smallest absolute Gasteiger partial charge is 0.177 e. The van der Waals surface area contributed by atoms with Crippen LogP contribution in [0.25, 0.3) is 0 Å². The summed E-state index contributed by atoms with van der Waals surface area (Å²) < 4.78 is 4.78. The van der Waals surface area contributed by atoms with Crippen molar-refractivity contribution in [3.63, 3.8) is 0 Å². The van der Waals surface area contributed by atoms with Crippen LogP contribution in [-0.4, -0.2) is 88.3 Å². The second kappa shape index (κ2) is 20.4. The summed E-state index contributed by atoms with van der Waals surface area (Å²) in [5.41, 5.74) is 1.97. The Hall–Kier alpha value is -4.83. The average Bonchev–Trinajstić information content (AvgIpc) is 3.76. The number of hydrogen-bond acceptors (Lipinski definition) is 13. The molecule has 0 aliphatic rings. The van der Waals surface area contributed by atoms with Crippen LogP contribution in [-0.2, 0) is 45.4 Å². The lowest BCUT2D eigenvalue weighted by Gasteiger charge is -2.03. The Kier molecular flexibility index (Phi) is 17.5. The molecule has 48 heavy (non-hydrogen) atoms. The van der Waals surface area contributed by atoms with Gasteiger partial charge in [-0.15, -0.1) is 20.4 Å². The molecule has 0 aliphatic carbocycles. The number of rotatable bonds is 12. The van der Waals surface area contributed by atoms with Gasteiger partial charge >= 0.3 is 0 Å². The van der Waals surface area contributed by atoms with E-state index in [2.05, 4.69) is 60.2 Å². The van der Waals surface area contributed by atoms with Crippen LogP contribution in [0.3, 0.4) is 0 Å². The van der Waals surface area contributed by atoms with Crippen LogP contribution in [0.1, 0.15) is 130 Å². The first-order valence-corrected chi connectivity index (χ1v) is 15.8. The molecule has 0 atom stereocenters. The van der Waals surface area contributed by atoms with E-state index in [1.807, 2.05) is 60.0 Å². The van der Waals surface area contributed by atoms with Crippen molar-refractivity contribution in [1.82, 2.24) is 65.2 Å². The van der Waals surface area contributed by atoms with Gasteiger partial charge in [-0.25, -0.2) is 9.36 Å². The van der Waals surface area contributed by atoms with Gasteiger partial charge in [-0.2, -0.15) is 9.90 Å². The Morgan fingerprint density at radius 2 is 1.15 bits per heavy atom. The first-order chi connectivity index (χ1) is 22.4. The normalized spacial score (nSPS) is 10.7. The first kappa shape index (κ1) is 41.2. The summed E-state index contributed by atoms with van der Waals surface area (Å²) in [5.74, 6) is 3.05. The van der Waals surface area contributed by atoms with Crippen LogP contribution in [0.5, 0.6) is 0 Å². The highest BCUT2D eigenvalue weighted by atomic mass is 16.1. The average molecular weight is 670 g/mol. The molecule has 17 nitrogen and oxygen atoms in total. The van der Waals surface area contributed by atoms with E-state index in [9.17, 15) is 19.2 Å². The van der Waals surface area contributed by atoms with Crippen molar-refractivity contribution >= 4 is 23.1 Å². The van der Waals surface area contributed by atoms with Crippen molar-refractivity contribution < 1.29 is 19.2 Å². The fraction of sp³-hybridized carbons (Fsp3) is 0.645. The molecule has 4 heterocycles. The summed E-state index contributed by atoms with van der Waals surface area (Å²) in [7, 11) is 0. The molecule has 0 saturated carbocycles. The summed E-state index contributed by atoms with van der Waals surface area (Å²) in [4.78, 5) is 44.2. The fourth-order valence-corrected chi connectivity index (χ4v) is 3.59. The highest BCUT2D eigenvalue weighted by Crippen LogP contribution is 2.11. The van der Waals surface area contributed by atoms with Crippen LogP contribution in [0.15, 0.2) is 18.5 Å². The molecular formula is C31H51N13O4. The lowest BCUT2D eigenvalue weighted by molar-refractivity contribution is -0.118. The largest absolute Gasteiger partial charge is 0.298 e. The second-order valence-electron chi connectivity index (χ2n) is 12.6. The number of tetrazole rings is 2. The zero-order valence-electron chi connectivity index (χ0n) is 30.3. The van der Waals surface area contributed by atoms with Crippen molar-refractivity contribution in [1.29, 1.82) is 0 Å². The predicted molar refractivity (Wildman–Crippen MR) is 177 cm³/mol. The zero-order chi connectivity index (χ0) is 36.6. The quantitative estimate of drug-likeness (QED) is 0.212. The van der Waals surface area contributed by atoms with Crippen LogP contribution in [0.2, 0.25) is 0 Å². The van der Waals surface area contributed by atoms with E-state index in [0.29, 0.717) is 30.7 Å². The third kappa shape index (κ3) is 16.1. The van der Waals surface area contributed by atoms with Crippen molar-refractivity contribution in [3.8, 4) is 0 Å². The minimum atomic E-state index is 0.0303. The van der Waals surface area contributed by atoms with Crippen molar-refractivity contribution in [2.45, 2.75) is 133 Å². The van der Waals surface area contributed by atoms with E-state index in [-0.39, 0.29) is 48.1 Å². The van der Waals surface area contributed by atoms with Gasteiger partial charge in [-0.3, -0.25) is 23.9 Å². The Bertz CT molecular complexity index is 1440. The lowest BCUT2D eigenvalue weighted by Crippen LogP contribution is -2.12. The first-order valence-electron chi connectivity index (χ1n) is 15.8. The molecule has 0 N–H and O–H groups in total. The third-order valence-electron chi connectivity index (χ3n) is 5.97. The Morgan fingerprint density at radius 1 is 0.583 bits per heavy atom. The minimum absolute atomic E-state index is 0.0303. The molecule has 0 fully saturated rings. The summed E-state index contributed by atoms with van der Waals surface area (Å²) in [6, 6.07) is 1.95. The lowest BCUT2D eigenvalue weighted by atomic mass is 10.1. The third-order valence-corrected chi connectivity index (χ3v) is 5.97. The zero-order valence-corrected chi connectivity index (χ0v) is 30.3. The standard InChI is InChI=1S/C9H14N2O.C8H13N3O.2C7H12N4O/c1-7(2)9-4-5-11(10-9)6-8(3)12;1-6(2)8-5-11(10-9-8)4-7(3)12;1-5(2)7-8-9-10-11(7)4-6(3)12;1-5(2)7-8-10-11(9-7)4-6(3)12/h4-5,7H,6H2,1-3H3;5-6H,4H2,1-3H3;2*5H,4H2,1-3H3. The topological polar surface area (TPSA) is 204 Å². The van der Waals surface area contributed by atoms with E-state index < -0.39 is 0 Å². The summed E-state index contributed by atoms with van der Waals surface area (Å²) in [5, 5.41) is 34.6. The maximum Gasteiger partial charge on any atom is 0.177 e. The summed E-state index contributed by atoms with van der Waals surface area (Å²) in [6.07, 6.45) is 3.66. The predicted octanol–water partition coefficient (Wildman–Crippen LogP) is 3.36. The van der Waals surface area contributed by atoms with Gasteiger partial charge in [-0.05, 0) is 61.2 Å². The van der Waals surface area contributed by atoms with Crippen molar-refractivity contribution in [3.05, 3.63) is 41.5 Å². The molecule has 0 radical (unpaired) electrons. The van der Waals surface area contributed by atoms with Gasteiger partial charge in [0.25, 0.3) is 0 Å². The van der Waals surface area contributed by atoms with Gasteiger partial charge in [0, 0.05) is 24.2 Å². The van der Waals surface area contributed by atoms with E-state index in [0.717, 1.165) is 17.2 Å². The van der Waals surface area contributed by atoms with Crippen molar-refractivity contribution in [2.24, 2.45) is 0 Å². The molecule has 17 heteroatoms. The summed E-state index contributed by atoms with van der Waals surface area (Å²) >= 11 is 0. The van der Waals surface area contributed by atoms with Gasteiger partial charge in [-0.1, -0.05) is 60.6 Å². The molecule has 0 bridgehead atoms. The minimum Gasteiger partial charge on any atom is -0.298 e. The van der Waals surface area contributed by atoms with Gasteiger partial charge in [0.2, 0.25) is 0 Å². The molecule has 0 amide bonds. The molecule has 4 aromatic rings. The number of carbonyl (C=O) groups excluding carboxylic acids is 4. The number of ketones is 4. The fourth-order valence-electron chi connectivity index (χ4n) is 3.59. The summed E-state index contributed by atoms with van der Waals surface area (Å²) in [6.45, 7) is 23.5. The Morgan fingerprint density at radius 3 is 1.58 bits per heavy atom. The molecule has 0 unspecified atom stereocenters. The van der Waals surface area contributed by atoms with Gasteiger partial charge in [0.1, 0.15) is 19.6 Å². The van der Waals surface area contributed by atoms with Crippen LogP contribution < -0.4 is 0 Å². The molecule has 4 rings (SSSR count). The molecule has 0 spiro atoms. The van der Waals surface area contributed by atoms with E-state index in [1.54, 1.807) is 16.3 Å².